The first-order chi connectivity index (χ1) is 8.72. The van der Waals surface area contributed by atoms with Crippen LogP contribution in [0.25, 0.3) is 0 Å². The number of hydrogen-bond donors (Lipinski definition) is 1. The molecule has 92 valence electrons. The molecule has 2 rings (SSSR count). The molecule has 0 fully saturated rings. The Bertz CT molecular complexity index is 584. The molecule has 0 unspecified atom stereocenters. The van der Waals surface area contributed by atoms with Gasteiger partial charge in [0.05, 0.1) is 28.9 Å². The summed E-state index contributed by atoms with van der Waals surface area (Å²) in [4.78, 5) is 0. The van der Waals surface area contributed by atoms with E-state index in [1.165, 1.54) is 0 Å². The summed E-state index contributed by atoms with van der Waals surface area (Å²) in [7, 11) is 0. The zero-order chi connectivity index (χ0) is 13.0. The summed E-state index contributed by atoms with van der Waals surface area (Å²) >= 11 is 6.05. The Kier molecular flexibility index (Phi) is 3.91. The maximum atomic E-state index is 8.83. The molecule has 18 heavy (non-hydrogen) atoms. The fourth-order valence-corrected chi connectivity index (χ4v) is 1.80. The number of nitrogens with one attached hydrogen (secondary N) is 1. The van der Waals surface area contributed by atoms with Crippen molar-refractivity contribution in [1.82, 2.24) is 0 Å². The third-order valence-corrected chi connectivity index (χ3v) is 2.94. The van der Waals surface area contributed by atoms with E-state index in [1.807, 2.05) is 19.1 Å². The second-order valence-corrected chi connectivity index (χ2v) is 4.29. The summed E-state index contributed by atoms with van der Waals surface area (Å²) in [5.74, 6) is 1.81. The number of benzene rings is 1. The lowest BCUT2D eigenvalue weighted by molar-refractivity contribution is 0.476. The normalized spacial score (nSPS) is 10.1. The van der Waals surface area contributed by atoms with Crippen molar-refractivity contribution >= 4 is 17.3 Å². The topological polar surface area (TPSA) is 49.0 Å². The predicted molar refractivity (Wildman–Crippen MR) is 71.6 cm³/mol. The fraction of sp³-hybridized carbons (Fsp3) is 0.214. The van der Waals surface area contributed by atoms with E-state index in [-0.39, 0.29) is 0 Å². The van der Waals surface area contributed by atoms with Crippen LogP contribution in [0.4, 0.5) is 5.69 Å². The molecule has 1 aromatic carbocycles. The highest BCUT2D eigenvalue weighted by molar-refractivity contribution is 6.33. The molecule has 0 spiro atoms. The van der Waals surface area contributed by atoms with Crippen LogP contribution >= 0.6 is 11.6 Å². The maximum absolute atomic E-state index is 8.83. The first-order valence-electron chi connectivity index (χ1n) is 5.74. The summed E-state index contributed by atoms with van der Waals surface area (Å²) in [5.41, 5.74) is 1.32. The monoisotopic (exact) mass is 260 g/mol. The van der Waals surface area contributed by atoms with Crippen molar-refractivity contribution in [3.8, 4) is 6.07 Å². The average molecular weight is 261 g/mol. The molecule has 1 N–H and O–H groups in total. The third-order valence-electron chi connectivity index (χ3n) is 2.61. The minimum Gasteiger partial charge on any atom is -0.464 e. The van der Waals surface area contributed by atoms with Gasteiger partial charge in [-0.3, -0.25) is 0 Å². The van der Waals surface area contributed by atoms with Gasteiger partial charge in [-0.05, 0) is 30.3 Å². The molecular formula is C14H13ClN2O. The van der Waals surface area contributed by atoms with E-state index >= 15 is 0 Å². The predicted octanol–water partition coefficient (Wildman–Crippen LogP) is 3.98. The Morgan fingerprint density at radius 3 is 2.72 bits per heavy atom. The maximum Gasteiger partial charge on any atom is 0.123 e. The van der Waals surface area contributed by atoms with E-state index < -0.39 is 0 Å². The van der Waals surface area contributed by atoms with Gasteiger partial charge < -0.3 is 9.73 Å². The summed E-state index contributed by atoms with van der Waals surface area (Å²) in [6, 6.07) is 11.1. The van der Waals surface area contributed by atoms with Crippen LogP contribution in [0.15, 0.2) is 34.7 Å². The van der Waals surface area contributed by atoms with Gasteiger partial charge in [0.1, 0.15) is 11.5 Å². The van der Waals surface area contributed by atoms with Crippen LogP contribution in [0.3, 0.4) is 0 Å². The number of hydrogen-bond acceptors (Lipinski definition) is 3. The molecule has 4 heteroatoms. The van der Waals surface area contributed by atoms with Gasteiger partial charge in [0, 0.05) is 6.42 Å². The summed E-state index contributed by atoms with van der Waals surface area (Å²) in [6.07, 6.45) is 0.880. The van der Waals surface area contributed by atoms with Crippen molar-refractivity contribution in [1.29, 1.82) is 5.26 Å². The van der Waals surface area contributed by atoms with E-state index in [0.717, 1.165) is 23.6 Å². The molecule has 0 bridgehead atoms. The van der Waals surface area contributed by atoms with E-state index in [0.29, 0.717) is 17.1 Å². The second-order valence-electron chi connectivity index (χ2n) is 3.88. The van der Waals surface area contributed by atoms with Gasteiger partial charge in [-0.2, -0.15) is 5.26 Å². The molecule has 0 aliphatic rings. The van der Waals surface area contributed by atoms with Crippen LogP contribution in [0.5, 0.6) is 0 Å². The van der Waals surface area contributed by atoms with Gasteiger partial charge in [0.2, 0.25) is 0 Å². The largest absolute Gasteiger partial charge is 0.464 e. The Morgan fingerprint density at radius 1 is 1.28 bits per heavy atom. The zero-order valence-electron chi connectivity index (χ0n) is 10.0. The Labute approximate surface area is 111 Å². The fourth-order valence-electron chi connectivity index (χ4n) is 1.62. The third kappa shape index (κ3) is 2.85. The lowest BCUT2D eigenvalue weighted by Gasteiger charge is -2.07. The number of halogens is 1. The van der Waals surface area contributed by atoms with Crippen LogP contribution < -0.4 is 5.32 Å². The van der Waals surface area contributed by atoms with Crippen LogP contribution in [0.1, 0.15) is 24.0 Å². The second kappa shape index (κ2) is 5.61. The molecule has 0 amide bonds. The molecule has 0 aliphatic carbocycles. The molecule has 0 saturated carbocycles. The molecule has 3 nitrogen and oxygen atoms in total. The van der Waals surface area contributed by atoms with Crippen molar-refractivity contribution < 1.29 is 4.42 Å². The molecule has 0 atom stereocenters. The van der Waals surface area contributed by atoms with Gasteiger partial charge in [-0.15, -0.1) is 0 Å². The van der Waals surface area contributed by atoms with Crippen molar-refractivity contribution in [3.05, 3.63) is 52.4 Å². The Morgan fingerprint density at radius 2 is 2.06 bits per heavy atom. The smallest absolute Gasteiger partial charge is 0.123 e. The minimum absolute atomic E-state index is 0.550. The molecule has 0 radical (unpaired) electrons. The highest BCUT2D eigenvalue weighted by Crippen LogP contribution is 2.23. The SMILES string of the molecule is CCc1ccc(CNc2cc(C#N)ccc2Cl)o1. The van der Waals surface area contributed by atoms with Gasteiger partial charge in [0.15, 0.2) is 0 Å². The van der Waals surface area contributed by atoms with Gasteiger partial charge in [0.25, 0.3) is 0 Å². The molecular weight excluding hydrogens is 248 g/mol. The number of rotatable bonds is 4. The van der Waals surface area contributed by atoms with E-state index in [4.69, 9.17) is 21.3 Å². The average Bonchev–Trinajstić information content (AvgIpc) is 2.86. The standard InChI is InChI=1S/C14H13ClN2O/c1-2-11-4-5-12(18-11)9-17-14-7-10(8-16)3-6-13(14)15/h3-7,17H,2,9H2,1H3. The number of nitriles is 1. The number of anilines is 1. The summed E-state index contributed by atoms with van der Waals surface area (Å²) in [5, 5.41) is 12.6. The first-order valence-corrected chi connectivity index (χ1v) is 6.12. The van der Waals surface area contributed by atoms with Crippen molar-refractivity contribution in [2.75, 3.05) is 5.32 Å². The quantitative estimate of drug-likeness (QED) is 0.905. The van der Waals surface area contributed by atoms with Crippen LogP contribution in [0.2, 0.25) is 5.02 Å². The van der Waals surface area contributed by atoms with E-state index in [2.05, 4.69) is 11.4 Å². The lowest BCUT2D eigenvalue weighted by atomic mass is 10.2. The molecule has 2 aromatic rings. The van der Waals surface area contributed by atoms with Crippen LogP contribution in [-0.4, -0.2) is 0 Å². The highest BCUT2D eigenvalue weighted by Gasteiger charge is 2.04. The zero-order valence-corrected chi connectivity index (χ0v) is 10.8. The van der Waals surface area contributed by atoms with Crippen molar-refractivity contribution in [3.63, 3.8) is 0 Å². The number of furan rings is 1. The molecule has 0 saturated heterocycles. The van der Waals surface area contributed by atoms with E-state index in [1.54, 1.807) is 18.2 Å². The van der Waals surface area contributed by atoms with Gasteiger partial charge in [-0.1, -0.05) is 18.5 Å². The van der Waals surface area contributed by atoms with Crippen molar-refractivity contribution in [2.24, 2.45) is 0 Å². The first kappa shape index (κ1) is 12.5. The summed E-state index contributed by atoms with van der Waals surface area (Å²) in [6.45, 7) is 2.60. The minimum atomic E-state index is 0.550. The Hall–Kier alpha value is -1.92. The van der Waals surface area contributed by atoms with Gasteiger partial charge >= 0.3 is 0 Å². The highest BCUT2D eigenvalue weighted by atomic mass is 35.5. The molecule has 0 aliphatic heterocycles. The molecule has 1 aromatic heterocycles. The Balaban J connectivity index is 2.08. The van der Waals surface area contributed by atoms with Crippen molar-refractivity contribution in [2.45, 2.75) is 19.9 Å². The van der Waals surface area contributed by atoms with Crippen LogP contribution in [0, 0.1) is 11.3 Å². The van der Waals surface area contributed by atoms with Gasteiger partial charge in [-0.25, -0.2) is 0 Å². The molecule has 1 heterocycles. The number of aryl methyl sites for hydroxylation is 1. The summed E-state index contributed by atoms with van der Waals surface area (Å²) < 4.78 is 5.58. The number of nitrogens with zero attached hydrogens (tertiary/aromatic N) is 1. The van der Waals surface area contributed by atoms with E-state index in [9.17, 15) is 0 Å². The lowest BCUT2D eigenvalue weighted by Crippen LogP contribution is -1.99. The van der Waals surface area contributed by atoms with Crippen LogP contribution in [-0.2, 0) is 13.0 Å².